The Kier molecular flexibility index (Phi) is 3.21. The molecular weight excluding hydrogens is 253 g/mol. The fourth-order valence-electron chi connectivity index (χ4n) is 2.04. The molecule has 1 aliphatic rings. The normalized spacial score (nSPS) is 17.3. The zero-order valence-electron chi connectivity index (χ0n) is 9.47. The quantitative estimate of drug-likeness (QED) is 0.732. The van der Waals surface area contributed by atoms with Crippen molar-refractivity contribution in [3.05, 3.63) is 29.8 Å². The predicted molar refractivity (Wildman–Crippen MR) is 57.8 cm³/mol. The summed E-state index contributed by atoms with van der Waals surface area (Å²) in [5.41, 5.74) is -0.576. The van der Waals surface area contributed by atoms with Crippen LogP contribution in [-0.4, -0.2) is 19.3 Å². The van der Waals surface area contributed by atoms with Gasteiger partial charge in [0.25, 0.3) is 0 Å². The van der Waals surface area contributed by atoms with Crippen LogP contribution in [0.2, 0.25) is 0 Å². The lowest BCUT2D eigenvalue weighted by molar-refractivity contribution is -0.289. The molecule has 0 N–H and O–H groups in total. The average molecular weight is 265 g/mol. The maximum atomic E-state index is 13.2. The zero-order valence-corrected chi connectivity index (χ0v) is 9.47. The van der Waals surface area contributed by atoms with Gasteiger partial charge in [0.1, 0.15) is 0 Å². The van der Waals surface area contributed by atoms with E-state index in [0.717, 1.165) is 25.0 Å². The lowest BCUT2D eigenvalue weighted by Crippen LogP contribution is -2.33. The van der Waals surface area contributed by atoms with Gasteiger partial charge in [-0.15, -0.1) is 0 Å². The molecule has 0 amide bonds. The van der Waals surface area contributed by atoms with Crippen molar-refractivity contribution in [2.24, 2.45) is 0 Å². The largest absolute Gasteiger partial charge is 0.458 e. The van der Waals surface area contributed by atoms with E-state index < -0.39 is 17.7 Å². The van der Waals surface area contributed by atoms with Crippen LogP contribution < -0.4 is 4.90 Å². The number of benzene rings is 1. The highest BCUT2D eigenvalue weighted by Crippen LogP contribution is 2.44. The third kappa shape index (κ3) is 2.28. The second-order valence-electron chi connectivity index (χ2n) is 4.32. The minimum absolute atomic E-state index is 0.425. The maximum absolute atomic E-state index is 13.2. The van der Waals surface area contributed by atoms with Crippen molar-refractivity contribution in [1.82, 2.24) is 0 Å². The van der Waals surface area contributed by atoms with Crippen LogP contribution in [0.4, 0.5) is 27.6 Å². The van der Waals surface area contributed by atoms with Gasteiger partial charge in [-0.05, 0) is 25.0 Å². The van der Waals surface area contributed by atoms with Crippen LogP contribution in [0.15, 0.2) is 24.3 Å². The summed E-state index contributed by atoms with van der Waals surface area (Å²) < 4.78 is 63.2. The molecule has 1 aromatic rings. The van der Waals surface area contributed by atoms with Gasteiger partial charge in [-0.3, -0.25) is 0 Å². The molecule has 1 heterocycles. The summed E-state index contributed by atoms with van der Waals surface area (Å²) >= 11 is 0. The summed E-state index contributed by atoms with van der Waals surface area (Å²) in [6.45, 7) is 1.39. The lowest BCUT2D eigenvalue weighted by Gasteiger charge is -2.23. The third-order valence-electron chi connectivity index (χ3n) is 3.04. The van der Waals surface area contributed by atoms with Gasteiger partial charge in [-0.2, -0.15) is 22.0 Å². The summed E-state index contributed by atoms with van der Waals surface area (Å²) in [4.78, 5) is 1.82. The van der Waals surface area contributed by atoms with Gasteiger partial charge in [-0.1, -0.05) is 12.1 Å². The van der Waals surface area contributed by atoms with E-state index in [2.05, 4.69) is 0 Å². The van der Waals surface area contributed by atoms with E-state index in [4.69, 9.17) is 0 Å². The van der Waals surface area contributed by atoms with E-state index in [0.29, 0.717) is 18.8 Å². The molecule has 1 nitrogen and oxygen atoms in total. The van der Waals surface area contributed by atoms with Gasteiger partial charge in [0.05, 0.1) is 0 Å². The van der Waals surface area contributed by atoms with Crippen molar-refractivity contribution in [3.63, 3.8) is 0 Å². The molecule has 0 unspecified atom stereocenters. The molecular formula is C12H12F5N. The second kappa shape index (κ2) is 4.40. The van der Waals surface area contributed by atoms with Crippen LogP contribution in [0.5, 0.6) is 0 Å². The summed E-state index contributed by atoms with van der Waals surface area (Å²) in [6.07, 6.45) is -3.70. The van der Waals surface area contributed by atoms with Gasteiger partial charge < -0.3 is 4.90 Å². The highest BCUT2D eigenvalue weighted by atomic mass is 19.4. The molecule has 0 bridgehead atoms. The number of halogens is 5. The zero-order chi connectivity index (χ0) is 13.4. The van der Waals surface area contributed by atoms with E-state index in [1.165, 1.54) is 6.07 Å². The minimum Gasteiger partial charge on any atom is -0.372 e. The molecule has 1 aliphatic heterocycles. The van der Waals surface area contributed by atoms with E-state index >= 15 is 0 Å². The van der Waals surface area contributed by atoms with Crippen LogP contribution in [0.25, 0.3) is 0 Å². The molecule has 0 spiro atoms. The SMILES string of the molecule is FC(F)(F)C(F)(F)c1cccc(N2CCCC2)c1. The molecule has 1 aromatic carbocycles. The first-order valence-corrected chi connectivity index (χ1v) is 5.62. The first kappa shape index (κ1) is 13.1. The monoisotopic (exact) mass is 265 g/mol. The smallest absolute Gasteiger partial charge is 0.372 e. The Hall–Kier alpha value is -1.33. The lowest BCUT2D eigenvalue weighted by atomic mass is 10.1. The van der Waals surface area contributed by atoms with E-state index in [9.17, 15) is 22.0 Å². The molecule has 1 saturated heterocycles. The van der Waals surface area contributed by atoms with Crippen LogP contribution in [0.1, 0.15) is 18.4 Å². The Balaban J connectivity index is 2.32. The van der Waals surface area contributed by atoms with Crippen molar-refractivity contribution in [2.45, 2.75) is 24.9 Å². The van der Waals surface area contributed by atoms with Gasteiger partial charge >= 0.3 is 12.1 Å². The highest BCUT2D eigenvalue weighted by Gasteiger charge is 2.58. The van der Waals surface area contributed by atoms with E-state index in [1.807, 2.05) is 4.90 Å². The molecule has 0 aliphatic carbocycles. The molecule has 2 rings (SSSR count). The first-order valence-electron chi connectivity index (χ1n) is 5.62. The summed E-state index contributed by atoms with van der Waals surface area (Å²) in [5.74, 6) is -4.80. The Morgan fingerprint density at radius 2 is 1.56 bits per heavy atom. The molecule has 0 atom stereocenters. The van der Waals surface area contributed by atoms with Crippen molar-refractivity contribution in [2.75, 3.05) is 18.0 Å². The number of hydrogen-bond donors (Lipinski definition) is 0. The fourth-order valence-corrected chi connectivity index (χ4v) is 2.04. The Morgan fingerprint density at radius 3 is 2.11 bits per heavy atom. The molecule has 0 radical (unpaired) electrons. The van der Waals surface area contributed by atoms with Gasteiger partial charge in [0.2, 0.25) is 0 Å². The van der Waals surface area contributed by atoms with Crippen LogP contribution >= 0.6 is 0 Å². The van der Waals surface area contributed by atoms with Crippen molar-refractivity contribution >= 4 is 5.69 Å². The number of anilines is 1. The number of nitrogens with zero attached hydrogens (tertiary/aromatic N) is 1. The third-order valence-corrected chi connectivity index (χ3v) is 3.04. The Morgan fingerprint density at radius 1 is 0.944 bits per heavy atom. The predicted octanol–water partition coefficient (Wildman–Crippen LogP) is 3.94. The number of rotatable bonds is 2. The van der Waals surface area contributed by atoms with Crippen LogP contribution in [-0.2, 0) is 5.92 Å². The maximum Gasteiger partial charge on any atom is 0.458 e. The summed E-state index contributed by atoms with van der Waals surface area (Å²) in [5, 5.41) is 0. The molecule has 18 heavy (non-hydrogen) atoms. The van der Waals surface area contributed by atoms with Crippen molar-refractivity contribution in [3.8, 4) is 0 Å². The van der Waals surface area contributed by atoms with E-state index in [1.54, 1.807) is 6.07 Å². The average Bonchev–Trinajstić information content (AvgIpc) is 2.81. The van der Waals surface area contributed by atoms with Crippen LogP contribution in [0.3, 0.4) is 0 Å². The Bertz CT molecular complexity index is 421. The van der Waals surface area contributed by atoms with Gasteiger partial charge in [-0.25, -0.2) is 0 Å². The van der Waals surface area contributed by atoms with Crippen LogP contribution in [0, 0.1) is 0 Å². The highest BCUT2D eigenvalue weighted by molar-refractivity contribution is 5.50. The Labute approximate surface area is 101 Å². The molecule has 0 saturated carbocycles. The standard InChI is InChI=1S/C12H12F5N/c13-11(14,12(15,16)17)9-4-3-5-10(8-9)18-6-1-2-7-18/h3-5,8H,1-2,6-7H2. The van der Waals surface area contributed by atoms with Gasteiger partial charge in [0.15, 0.2) is 0 Å². The first-order chi connectivity index (χ1) is 8.32. The van der Waals surface area contributed by atoms with Crippen molar-refractivity contribution in [1.29, 1.82) is 0 Å². The van der Waals surface area contributed by atoms with Gasteiger partial charge in [0, 0.05) is 24.3 Å². The topological polar surface area (TPSA) is 3.24 Å². The second-order valence-corrected chi connectivity index (χ2v) is 4.32. The van der Waals surface area contributed by atoms with E-state index in [-0.39, 0.29) is 0 Å². The molecule has 0 aromatic heterocycles. The molecule has 1 fully saturated rings. The summed E-state index contributed by atoms with van der Waals surface area (Å²) in [6, 6.07) is 4.54. The number of alkyl halides is 5. The molecule has 6 heteroatoms. The minimum atomic E-state index is -5.56. The fraction of sp³-hybridized carbons (Fsp3) is 0.500. The van der Waals surface area contributed by atoms with Crippen molar-refractivity contribution < 1.29 is 22.0 Å². The molecule has 100 valence electrons. The number of hydrogen-bond acceptors (Lipinski definition) is 1. The summed E-state index contributed by atoms with van der Waals surface area (Å²) in [7, 11) is 0.